The molecule has 3 aromatic heterocycles. The van der Waals surface area contributed by atoms with Gasteiger partial charge in [-0.2, -0.15) is 10.1 Å². The fourth-order valence-corrected chi connectivity index (χ4v) is 4.58. The Hall–Kier alpha value is -3.36. The van der Waals surface area contributed by atoms with Crippen molar-refractivity contribution in [1.82, 2.24) is 34.3 Å². The standard InChI is InChI=1S/C23H26FN7O/c1-3-30-19(25-14-26-30)13-32-23-21(16-9-5-4-6-10-16)31-15(2)28-29-20(22(31)27-23)17-11-7-8-12-18(17)24/h7-8,11-12,14,16H,3-6,9-10,13H2,1-2H3. The van der Waals surface area contributed by atoms with Gasteiger partial charge in [-0.25, -0.2) is 14.1 Å². The fourth-order valence-electron chi connectivity index (χ4n) is 4.58. The van der Waals surface area contributed by atoms with Gasteiger partial charge in [-0.15, -0.1) is 10.2 Å². The third-order valence-corrected chi connectivity index (χ3v) is 6.16. The Balaban J connectivity index is 1.65. The molecule has 5 rings (SSSR count). The zero-order valence-electron chi connectivity index (χ0n) is 18.3. The van der Waals surface area contributed by atoms with Gasteiger partial charge in [-0.1, -0.05) is 31.4 Å². The van der Waals surface area contributed by atoms with Gasteiger partial charge in [0.1, 0.15) is 30.3 Å². The zero-order valence-corrected chi connectivity index (χ0v) is 18.3. The second-order valence-corrected chi connectivity index (χ2v) is 8.15. The Bertz CT molecular complexity index is 1240. The van der Waals surface area contributed by atoms with Crippen molar-refractivity contribution in [1.29, 1.82) is 0 Å². The van der Waals surface area contributed by atoms with Crippen LogP contribution in [0.4, 0.5) is 4.39 Å². The van der Waals surface area contributed by atoms with Gasteiger partial charge in [0.05, 0.1) is 5.69 Å². The molecule has 3 heterocycles. The van der Waals surface area contributed by atoms with Crippen LogP contribution in [0.1, 0.15) is 62.3 Å². The van der Waals surface area contributed by atoms with Crippen LogP contribution in [0.3, 0.4) is 0 Å². The number of hydrogen-bond donors (Lipinski definition) is 0. The van der Waals surface area contributed by atoms with Crippen molar-refractivity contribution < 1.29 is 9.13 Å². The van der Waals surface area contributed by atoms with E-state index in [0.29, 0.717) is 41.1 Å². The maximum atomic E-state index is 14.6. The second-order valence-electron chi connectivity index (χ2n) is 8.15. The number of nitrogens with zero attached hydrogens (tertiary/aromatic N) is 7. The molecule has 0 amide bonds. The van der Waals surface area contributed by atoms with Crippen LogP contribution in [-0.4, -0.2) is 34.3 Å². The molecular formula is C23H26FN7O. The third-order valence-electron chi connectivity index (χ3n) is 6.16. The molecule has 0 saturated heterocycles. The molecule has 4 aromatic rings. The quantitative estimate of drug-likeness (QED) is 0.444. The summed E-state index contributed by atoms with van der Waals surface area (Å²) in [6.45, 7) is 4.88. The number of aromatic nitrogens is 7. The molecule has 0 radical (unpaired) electrons. The van der Waals surface area contributed by atoms with Gasteiger partial charge in [-0.3, -0.25) is 4.40 Å². The lowest BCUT2D eigenvalue weighted by Crippen LogP contribution is -2.13. The molecule has 8 nitrogen and oxygen atoms in total. The van der Waals surface area contributed by atoms with E-state index in [0.717, 1.165) is 24.4 Å². The van der Waals surface area contributed by atoms with Crippen molar-refractivity contribution in [3.8, 4) is 17.1 Å². The van der Waals surface area contributed by atoms with Gasteiger partial charge < -0.3 is 4.74 Å². The normalized spacial score (nSPS) is 14.8. The smallest absolute Gasteiger partial charge is 0.236 e. The number of rotatable bonds is 6. The maximum absolute atomic E-state index is 14.6. The fraction of sp³-hybridized carbons (Fsp3) is 0.435. The second kappa shape index (κ2) is 8.64. The van der Waals surface area contributed by atoms with Gasteiger partial charge in [0, 0.05) is 18.0 Å². The number of hydrogen-bond acceptors (Lipinski definition) is 6. The number of benzene rings is 1. The molecule has 1 saturated carbocycles. The van der Waals surface area contributed by atoms with Crippen molar-refractivity contribution in [2.45, 2.75) is 65.0 Å². The minimum atomic E-state index is -0.353. The summed E-state index contributed by atoms with van der Waals surface area (Å²) in [6.07, 6.45) is 7.22. The topological polar surface area (TPSA) is 83.0 Å². The summed E-state index contributed by atoms with van der Waals surface area (Å²) < 4.78 is 24.7. The average Bonchev–Trinajstić information content (AvgIpc) is 3.44. The molecule has 0 unspecified atom stereocenters. The monoisotopic (exact) mass is 435 g/mol. The van der Waals surface area contributed by atoms with Crippen LogP contribution in [0.2, 0.25) is 0 Å². The van der Waals surface area contributed by atoms with E-state index in [4.69, 9.17) is 9.72 Å². The first-order valence-corrected chi connectivity index (χ1v) is 11.2. The first kappa shape index (κ1) is 20.5. The van der Waals surface area contributed by atoms with Crippen LogP contribution in [0.15, 0.2) is 30.6 Å². The number of ether oxygens (including phenoxy) is 1. The average molecular weight is 436 g/mol. The van der Waals surface area contributed by atoms with Gasteiger partial charge in [0.2, 0.25) is 5.88 Å². The van der Waals surface area contributed by atoms with Crippen LogP contribution in [0.5, 0.6) is 5.88 Å². The van der Waals surface area contributed by atoms with E-state index in [1.807, 2.05) is 18.2 Å². The molecule has 32 heavy (non-hydrogen) atoms. The summed E-state index contributed by atoms with van der Waals surface area (Å²) in [5.74, 6) is 1.93. The molecule has 9 heteroatoms. The van der Waals surface area contributed by atoms with Crippen LogP contribution in [0.25, 0.3) is 16.9 Å². The van der Waals surface area contributed by atoms with E-state index in [9.17, 15) is 4.39 Å². The maximum Gasteiger partial charge on any atom is 0.236 e. The van der Waals surface area contributed by atoms with Crippen molar-refractivity contribution in [3.05, 3.63) is 53.8 Å². The predicted octanol–water partition coefficient (Wildman–Crippen LogP) is 4.48. The lowest BCUT2D eigenvalue weighted by atomic mass is 9.87. The van der Waals surface area contributed by atoms with E-state index in [2.05, 4.69) is 20.3 Å². The zero-order chi connectivity index (χ0) is 22.1. The highest BCUT2D eigenvalue weighted by Crippen LogP contribution is 2.40. The molecule has 0 aliphatic heterocycles. The van der Waals surface area contributed by atoms with Crippen molar-refractivity contribution in [3.63, 3.8) is 0 Å². The predicted molar refractivity (Wildman–Crippen MR) is 117 cm³/mol. The van der Waals surface area contributed by atoms with Crippen LogP contribution < -0.4 is 4.74 Å². The van der Waals surface area contributed by atoms with Crippen LogP contribution >= 0.6 is 0 Å². The van der Waals surface area contributed by atoms with E-state index >= 15 is 0 Å². The summed E-state index contributed by atoms with van der Waals surface area (Å²) in [5, 5.41) is 12.9. The Morgan fingerprint density at radius 3 is 2.72 bits per heavy atom. The van der Waals surface area contributed by atoms with Gasteiger partial charge in [-0.05, 0) is 38.8 Å². The van der Waals surface area contributed by atoms with E-state index in [1.54, 1.807) is 22.9 Å². The number of fused-ring (bicyclic) bond motifs is 1. The number of aryl methyl sites for hydroxylation is 2. The van der Waals surface area contributed by atoms with Gasteiger partial charge >= 0.3 is 0 Å². The summed E-state index contributed by atoms with van der Waals surface area (Å²) in [7, 11) is 0. The third kappa shape index (κ3) is 3.61. The number of halogens is 1. The Morgan fingerprint density at radius 2 is 1.94 bits per heavy atom. The molecule has 0 atom stereocenters. The lowest BCUT2D eigenvalue weighted by Gasteiger charge is -2.22. The minimum Gasteiger partial charge on any atom is -0.468 e. The highest BCUT2D eigenvalue weighted by Gasteiger charge is 2.28. The molecule has 1 fully saturated rings. The first-order chi connectivity index (χ1) is 15.7. The first-order valence-electron chi connectivity index (χ1n) is 11.2. The Kier molecular flexibility index (Phi) is 5.55. The van der Waals surface area contributed by atoms with Gasteiger partial charge in [0.25, 0.3) is 0 Å². The van der Waals surface area contributed by atoms with Crippen molar-refractivity contribution in [2.24, 2.45) is 0 Å². The summed E-state index contributed by atoms with van der Waals surface area (Å²) in [4.78, 5) is 9.15. The lowest BCUT2D eigenvalue weighted by molar-refractivity contribution is 0.269. The molecule has 1 aromatic carbocycles. The van der Waals surface area contributed by atoms with Crippen molar-refractivity contribution in [2.75, 3.05) is 0 Å². The molecule has 0 spiro atoms. The van der Waals surface area contributed by atoms with Crippen LogP contribution in [-0.2, 0) is 13.2 Å². The largest absolute Gasteiger partial charge is 0.468 e. The van der Waals surface area contributed by atoms with E-state index in [1.165, 1.54) is 31.7 Å². The molecule has 1 aliphatic rings. The molecular weight excluding hydrogens is 409 g/mol. The molecule has 1 aliphatic carbocycles. The Morgan fingerprint density at radius 1 is 1.12 bits per heavy atom. The molecule has 166 valence electrons. The summed E-state index contributed by atoms with van der Waals surface area (Å²) >= 11 is 0. The number of imidazole rings is 1. The SMILES string of the molecule is CCn1ncnc1COc1nc2c(-c3ccccc3F)nnc(C)n2c1C1CCCCC1. The van der Waals surface area contributed by atoms with Crippen LogP contribution in [0, 0.1) is 12.7 Å². The highest BCUT2D eigenvalue weighted by atomic mass is 19.1. The van der Waals surface area contributed by atoms with Gasteiger partial charge in [0.15, 0.2) is 11.5 Å². The molecule has 0 bridgehead atoms. The summed E-state index contributed by atoms with van der Waals surface area (Å²) in [5.41, 5.74) is 2.35. The highest BCUT2D eigenvalue weighted by molar-refractivity contribution is 5.75. The molecule has 0 N–H and O–H groups in total. The van der Waals surface area contributed by atoms with E-state index < -0.39 is 0 Å². The van der Waals surface area contributed by atoms with Crippen molar-refractivity contribution >= 4 is 5.65 Å². The Labute approximate surface area is 185 Å². The minimum absolute atomic E-state index is 0.256. The summed E-state index contributed by atoms with van der Waals surface area (Å²) in [6, 6.07) is 6.58. The van der Waals surface area contributed by atoms with E-state index in [-0.39, 0.29) is 12.4 Å².